The number of benzene rings is 2. The van der Waals surface area contributed by atoms with E-state index in [1.165, 1.54) is 17.4 Å². The second kappa shape index (κ2) is 8.50. The Balaban J connectivity index is 1.94. The lowest BCUT2D eigenvalue weighted by atomic mass is 10.1. The predicted octanol–water partition coefficient (Wildman–Crippen LogP) is 4.86. The number of halogens is 1. The second-order valence-electron chi connectivity index (χ2n) is 6.16. The Labute approximate surface area is 162 Å². The normalized spacial score (nSPS) is 11.0. The van der Waals surface area contributed by atoms with Crippen LogP contribution >= 0.6 is 11.3 Å². The molecule has 3 rings (SSSR count). The molecule has 1 amide bonds. The third kappa shape index (κ3) is 3.96. The van der Waals surface area contributed by atoms with Crippen molar-refractivity contribution < 1.29 is 18.7 Å². The van der Waals surface area contributed by atoms with Crippen LogP contribution in [0.4, 0.5) is 4.39 Å². The summed E-state index contributed by atoms with van der Waals surface area (Å²) in [6.07, 6.45) is 0. The Kier molecular flexibility index (Phi) is 6.08. The standard InChI is InChI=1S/C21H22FNO3S/c1-4-26-17-10-6-5-8-14(17)12-23(2)21(24)20-15(13-25-3)19-16(22)9-7-11-18(19)27-20/h5-11H,4,12-13H2,1-3H3. The van der Waals surface area contributed by atoms with Gasteiger partial charge in [-0.05, 0) is 25.1 Å². The molecule has 0 fully saturated rings. The predicted molar refractivity (Wildman–Crippen MR) is 106 cm³/mol. The topological polar surface area (TPSA) is 38.8 Å². The van der Waals surface area contributed by atoms with Crippen LogP contribution in [0.3, 0.4) is 0 Å². The van der Waals surface area contributed by atoms with Crippen molar-refractivity contribution in [1.82, 2.24) is 4.90 Å². The lowest BCUT2D eigenvalue weighted by molar-refractivity contribution is 0.0784. The van der Waals surface area contributed by atoms with Crippen molar-refractivity contribution >= 4 is 27.3 Å². The van der Waals surface area contributed by atoms with Crippen molar-refractivity contribution in [2.24, 2.45) is 0 Å². The summed E-state index contributed by atoms with van der Waals surface area (Å²) >= 11 is 1.30. The van der Waals surface area contributed by atoms with Gasteiger partial charge < -0.3 is 14.4 Å². The minimum absolute atomic E-state index is 0.158. The maximum Gasteiger partial charge on any atom is 0.264 e. The minimum atomic E-state index is -0.334. The van der Waals surface area contributed by atoms with Gasteiger partial charge in [-0.3, -0.25) is 4.79 Å². The number of hydrogen-bond donors (Lipinski definition) is 0. The Morgan fingerprint density at radius 3 is 2.70 bits per heavy atom. The van der Waals surface area contributed by atoms with Crippen LogP contribution in [0.2, 0.25) is 0 Å². The summed E-state index contributed by atoms with van der Waals surface area (Å²) in [6.45, 7) is 3.07. The van der Waals surface area contributed by atoms with Crippen LogP contribution in [0.5, 0.6) is 5.75 Å². The van der Waals surface area contributed by atoms with E-state index in [0.717, 1.165) is 16.0 Å². The first kappa shape index (κ1) is 19.3. The average molecular weight is 387 g/mol. The minimum Gasteiger partial charge on any atom is -0.494 e. The molecule has 0 aliphatic heterocycles. The third-order valence-corrected chi connectivity index (χ3v) is 5.46. The number of amides is 1. The maximum absolute atomic E-state index is 14.3. The summed E-state index contributed by atoms with van der Waals surface area (Å²) in [5.41, 5.74) is 1.53. The van der Waals surface area contributed by atoms with Gasteiger partial charge in [-0.15, -0.1) is 11.3 Å². The summed E-state index contributed by atoms with van der Waals surface area (Å²) < 4.78 is 26.0. The van der Waals surface area contributed by atoms with Crippen LogP contribution in [0.25, 0.3) is 10.1 Å². The average Bonchev–Trinajstić information content (AvgIpc) is 3.03. The summed E-state index contributed by atoms with van der Waals surface area (Å²) in [5.74, 6) is 0.271. The number of thiophene rings is 1. The molecule has 0 unspecified atom stereocenters. The smallest absolute Gasteiger partial charge is 0.264 e. The number of carbonyl (C=O) groups excluding carboxylic acids is 1. The van der Waals surface area contributed by atoms with Crippen molar-refractivity contribution in [2.45, 2.75) is 20.1 Å². The molecule has 4 nitrogen and oxygen atoms in total. The van der Waals surface area contributed by atoms with Crippen molar-refractivity contribution in [2.75, 3.05) is 20.8 Å². The molecule has 3 aromatic rings. The van der Waals surface area contributed by atoms with Crippen LogP contribution in [0, 0.1) is 5.82 Å². The first-order valence-electron chi connectivity index (χ1n) is 8.71. The molecule has 1 heterocycles. The number of carbonyl (C=O) groups is 1. The molecule has 0 atom stereocenters. The molecule has 6 heteroatoms. The second-order valence-corrected chi connectivity index (χ2v) is 7.21. The number of rotatable bonds is 7. The van der Waals surface area contributed by atoms with Gasteiger partial charge in [0, 0.05) is 41.9 Å². The van der Waals surface area contributed by atoms with E-state index in [9.17, 15) is 9.18 Å². The number of ether oxygens (including phenoxy) is 2. The highest BCUT2D eigenvalue weighted by Gasteiger charge is 2.23. The fourth-order valence-electron chi connectivity index (χ4n) is 3.05. The van der Waals surface area contributed by atoms with E-state index in [4.69, 9.17) is 9.47 Å². The molecule has 0 aliphatic carbocycles. The Morgan fingerprint density at radius 2 is 1.96 bits per heavy atom. The van der Waals surface area contributed by atoms with Gasteiger partial charge in [-0.2, -0.15) is 0 Å². The van der Waals surface area contributed by atoms with E-state index in [1.807, 2.05) is 37.3 Å². The van der Waals surface area contributed by atoms with Crippen LogP contribution in [-0.4, -0.2) is 31.6 Å². The molecule has 1 aromatic heterocycles. The van der Waals surface area contributed by atoms with Crippen molar-refractivity contribution in [1.29, 1.82) is 0 Å². The van der Waals surface area contributed by atoms with E-state index in [2.05, 4.69) is 0 Å². The molecule has 0 bridgehead atoms. The summed E-state index contributed by atoms with van der Waals surface area (Å²) in [4.78, 5) is 15.2. The Morgan fingerprint density at radius 1 is 1.19 bits per heavy atom. The zero-order chi connectivity index (χ0) is 19.4. The molecular formula is C21H22FNO3S. The van der Waals surface area contributed by atoms with Gasteiger partial charge in [0.2, 0.25) is 0 Å². The van der Waals surface area contributed by atoms with E-state index in [1.54, 1.807) is 25.1 Å². The molecule has 142 valence electrons. The summed E-state index contributed by atoms with van der Waals surface area (Å²) in [5, 5.41) is 0.468. The molecular weight excluding hydrogens is 365 g/mol. The van der Waals surface area contributed by atoms with Crippen LogP contribution < -0.4 is 4.74 Å². The van der Waals surface area contributed by atoms with Crippen LogP contribution in [-0.2, 0) is 17.9 Å². The molecule has 0 radical (unpaired) electrons. The molecule has 0 spiro atoms. The highest BCUT2D eigenvalue weighted by molar-refractivity contribution is 7.21. The molecule has 0 aliphatic rings. The zero-order valence-electron chi connectivity index (χ0n) is 15.6. The summed E-state index contributed by atoms with van der Waals surface area (Å²) in [7, 11) is 3.28. The molecule has 27 heavy (non-hydrogen) atoms. The highest BCUT2D eigenvalue weighted by atomic mass is 32.1. The fourth-order valence-corrected chi connectivity index (χ4v) is 4.27. The third-order valence-electron chi connectivity index (χ3n) is 4.27. The molecule has 2 aromatic carbocycles. The van der Waals surface area contributed by atoms with Gasteiger partial charge in [-0.25, -0.2) is 4.39 Å². The summed E-state index contributed by atoms with van der Waals surface area (Å²) in [6, 6.07) is 12.5. The van der Waals surface area contributed by atoms with Gasteiger partial charge in [0.25, 0.3) is 5.91 Å². The van der Waals surface area contributed by atoms with Crippen LogP contribution in [0.1, 0.15) is 27.7 Å². The number of para-hydroxylation sites is 1. The largest absolute Gasteiger partial charge is 0.494 e. The molecule has 0 N–H and O–H groups in total. The van der Waals surface area contributed by atoms with E-state index < -0.39 is 0 Å². The first-order valence-corrected chi connectivity index (χ1v) is 9.53. The van der Waals surface area contributed by atoms with Crippen molar-refractivity contribution in [3.8, 4) is 5.75 Å². The molecule has 0 saturated heterocycles. The van der Waals surface area contributed by atoms with Crippen molar-refractivity contribution in [3.05, 3.63) is 64.3 Å². The Hall–Kier alpha value is -2.44. The van der Waals surface area contributed by atoms with E-state index in [0.29, 0.717) is 29.0 Å². The maximum atomic E-state index is 14.3. The lowest BCUT2D eigenvalue weighted by Gasteiger charge is -2.19. The zero-order valence-corrected chi connectivity index (χ0v) is 16.4. The lowest BCUT2D eigenvalue weighted by Crippen LogP contribution is -2.26. The number of methoxy groups -OCH3 is 1. The van der Waals surface area contributed by atoms with Gasteiger partial charge >= 0.3 is 0 Å². The monoisotopic (exact) mass is 387 g/mol. The van der Waals surface area contributed by atoms with Crippen molar-refractivity contribution in [3.63, 3.8) is 0 Å². The van der Waals surface area contributed by atoms with E-state index in [-0.39, 0.29) is 18.3 Å². The van der Waals surface area contributed by atoms with Gasteiger partial charge in [0.05, 0.1) is 18.1 Å². The SMILES string of the molecule is CCOc1ccccc1CN(C)C(=O)c1sc2cccc(F)c2c1COC. The van der Waals surface area contributed by atoms with Gasteiger partial charge in [0.1, 0.15) is 11.6 Å². The Bertz CT molecular complexity index is 954. The fraction of sp³-hybridized carbons (Fsp3) is 0.286. The van der Waals surface area contributed by atoms with Crippen LogP contribution in [0.15, 0.2) is 42.5 Å². The van der Waals surface area contributed by atoms with Gasteiger partial charge in [0.15, 0.2) is 0 Å². The van der Waals surface area contributed by atoms with Gasteiger partial charge in [-0.1, -0.05) is 24.3 Å². The number of hydrogen-bond acceptors (Lipinski definition) is 4. The number of fused-ring (bicyclic) bond motifs is 1. The first-order chi connectivity index (χ1) is 13.1. The quantitative estimate of drug-likeness (QED) is 0.581. The molecule has 0 saturated carbocycles. The highest BCUT2D eigenvalue weighted by Crippen LogP contribution is 2.34. The van der Waals surface area contributed by atoms with E-state index >= 15 is 0 Å². The number of nitrogens with zero attached hydrogens (tertiary/aromatic N) is 1.